The molecule has 1 aromatic carbocycles. The smallest absolute Gasteiger partial charge is 0.435 e. The average Bonchev–Trinajstić information content (AvgIpc) is 3.47. The Balaban J connectivity index is 1.15. The van der Waals surface area contributed by atoms with Crippen LogP contribution in [0.4, 0.5) is 44.3 Å². The molecule has 1 aromatic rings. The zero-order valence-corrected chi connectivity index (χ0v) is 32.9. The number of halogens is 9. The molecule has 0 spiro atoms. The van der Waals surface area contributed by atoms with Gasteiger partial charge in [-0.15, -0.1) is 0 Å². The highest BCUT2D eigenvalue weighted by atomic mass is 33.1. The summed E-state index contributed by atoms with van der Waals surface area (Å²) >= 11 is 0. The van der Waals surface area contributed by atoms with Crippen molar-refractivity contribution in [3.05, 3.63) is 66.0 Å². The van der Waals surface area contributed by atoms with E-state index in [1.165, 1.54) is 11.1 Å². The Morgan fingerprint density at radius 1 is 0.964 bits per heavy atom. The van der Waals surface area contributed by atoms with Crippen LogP contribution in [0.5, 0.6) is 5.75 Å². The van der Waals surface area contributed by atoms with Gasteiger partial charge in [0.05, 0.1) is 19.3 Å². The summed E-state index contributed by atoms with van der Waals surface area (Å²) in [7, 11) is 3.52. The van der Waals surface area contributed by atoms with E-state index in [9.17, 15) is 44.3 Å². The number of nitrogens with zero attached hydrogens (tertiary/aromatic N) is 1. The minimum Gasteiger partial charge on any atom is -0.492 e. The van der Waals surface area contributed by atoms with Gasteiger partial charge < -0.3 is 23.8 Å². The maximum Gasteiger partial charge on any atom is 0.435 e. The number of carbonyl (C=O) groups excluding carboxylic acids is 1. The number of rotatable bonds is 14. The van der Waals surface area contributed by atoms with Gasteiger partial charge in [-0.25, -0.2) is 4.79 Å². The first-order valence-electron chi connectivity index (χ1n) is 18.8. The molecule has 6 atom stereocenters. The standard InChI is InChI=1S/C39H48F9NO5S2/c1-4-6-8-27(5-2)54-34(50)49(26-16-22-55-56-24-26)18-21-51-28-10-12-29-25(23-28)9-11-31-30(29)15-17-35(3)32(31)13-14-33(35)52-19-7-20-53-36(37(40,41)42,38(43,44)45)39(46,47)48/h4-6,8,10,12,23,26,30-33H,1,7,9,11,13-22,24H2,2-3H3/b8-6-,27-5+/t26-,30+,31+,32-,33-,35-/m0/s1. The van der Waals surface area contributed by atoms with Gasteiger partial charge in [-0.1, -0.05) is 53.3 Å². The van der Waals surface area contributed by atoms with Crippen molar-refractivity contribution in [2.24, 2.45) is 17.3 Å². The summed E-state index contributed by atoms with van der Waals surface area (Å²) in [4.78, 5) is 15.0. The predicted octanol–water partition coefficient (Wildman–Crippen LogP) is 11.4. The molecule has 0 N–H and O–H groups in total. The quantitative estimate of drug-likeness (QED) is 0.0608. The lowest BCUT2D eigenvalue weighted by Gasteiger charge is -2.50. The van der Waals surface area contributed by atoms with Crippen molar-refractivity contribution in [2.75, 3.05) is 37.9 Å². The Kier molecular flexibility index (Phi) is 14.5. The lowest BCUT2D eigenvalue weighted by atomic mass is 9.55. The van der Waals surface area contributed by atoms with Crippen LogP contribution in [0.25, 0.3) is 0 Å². The number of amides is 1. The summed E-state index contributed by atoms with van der Waals surface area (Å²) in [5, 5.41) is 0. The van der Waals surface area contributed by atoms with Crippen molar-refractivity contribution in [3.8, 4) is 5.75 Å². The van der Waals surface area contributed by atoms with E-state index < -0.39 is 43.3 Å². The maximum absolute atomic E-state index is 13.3. The first-order valence-corrected chi connectivity index (χ1v) is 21.3. The van der Waals surface area contributed by atoms with Crippen LogP contribution in [0.15, 0.2) is 54.8 Å². The highest BCUT2D eigenvalue weighted by molar-refractivity contribution is 8.76. The molecular weight excluding hydrogens is 798 g/mol. The van der Waals surface area contributed by atoms with Crippen LogP contribution in [0.3, 0.4) is 0 Å². The molecule has 3 fully saturated rings. The Morgan fingerprint density at radius 2 is 1.70 bits per heavy atom. The minimum atomic E-state index is -6.75. The van der Waals surface area contributed by atoms with Gasteiger partial charge in [0.2, 0.25) is 0 Å². The molecule has 17 heteroatoms. The fourth-order valence-corrected chi connectivity index (χ4v) is 11.5. The highest BCUT2D eigenvalue weighted by Gasteiger charge is 2.85. The van der Waals surface area contributed by atoms with E-state index in [2.05, 4.69) is 30.4 Å². The zero-order chi connectivity index (χ0) is 40.9. The van der Waals surface area contributed by atoms with Crippen molar-refractivity contribution in [1.82, 2.24) is 4.90 Å². The fraction of sp³-hybridized carbons (Fsp3) is 0.667. The van der Waals surface area contributed by atoms with Crippen molar-refractivity contribution in [3.63, 3.8) is 0 Å². The molecule has 1 saturated heterocycles. The van der Waals surface area contributed by atoms with E-state index in [-0.39, 0.29) is 36.7 Å². The van der Waals surface area contributed by atoms with Crippen molar-refractivity contribution >= 4 is 27.7 Å². The second-order valence-corrected chi connectivity index (χ2v) is 17.5. The van der Waals surface area contributed by atoms with Crippen LogP contribution in [0.1, 0.15) is 75.8 Å². The van der Waals surface area contributed by atoms with Crippen LogP contribution in [0.2, 0.25) is 0 Å². The molecule has 1 aliphatic heterocycles. The van der Waals surface area contributed by atoms with Gasteiger partial charge >= 0.3 is 30.2 Å². The molecule has 0 aromatic heterocycles. The van der Waals surface area contributed by atoms with E-state index >= 15 is 0 Å². The van der Waals surface area contributed by atoms with Gasteiger partial charge in [0.25, 0.3) is 0 Å². The number of hydrogen-bond acceptors (Lipinski definition) is 7. The average molecular weight is 846 g/mol. The van der Waals surface area contributed by atoms with Gasteiger partial charge in [-0.3, -0.25) is 0 Å². The predicted molar refractivity (Wildman–Crippen MR) is 197 cm³/mol. The lowest BCUT2D eigenvalue weighted by Crippen LogP contribution is -2.67. The van der Waals surface area contributed by atoms with E-state index in [1.807, 2.05) is 6.07 Å². The number of fused-ring (bicyclic) bond motifs is 5. The molecule has 0 bridgehead atoms. The minimum absolute atomic E-state index is 0.0194. The monoisotopic (exact) mass is 845 g/mol. The molecule has 0 radical (unpaired) electrons. The number of allylic oxidation sites excluding steroid dienone is 4. The van der Waals surface area contributed by atoms with Crippen LogP contribution in [0, 0.1) is 17.3 Å². The van der Waals surface area contributed by atoms with Crippen LogP contribution in [-0.4, -0.2) is 85.1 Å². The molecular formula is C39H48F9NO5S2. The Labute approximate surface area is 329 Å². The molecule has 3 aliphatic carbocycles. The van der Waals surface area contributed by atoms with Gasteiger partial charge in [0.15, 0.2) is 0 Å². The summed E-state index contributed by atoms with van der Waals surface area (Å²) in [5.41, 5.74) is -4.11. The molecule has 1 heterocycles. The Bertz CT molecular complexity index is 1540. The molecule has 56 heavy (non-hydrogen) atoms. The SMILES string of the molecule is C=C/C=C\C(=C/C)OC(=O)N(CCOc1ccc2c(c1)CC[C@@H]1[C@@H]2CC[C@]2(C)[C@@H](OCCCOC(C(F)(F)F)(C(F)(F)F)C(F)(F)F)CC[C@@H]12)[C@H]1CCSSC1. The first kappa shape index (κ1) is 44.6. The van der Waals surface area contributed by atoms with E-state index in [4.69, 9.17) is 14.2 Å². The van der Waals surface area contributed by atoms with Crippen molar-refractivity contribution < 1.29 is 63.3 Å². The highest BCUT2D eigenvalue weighted by Crippen LogP contribution is 2.62. The summed E-state index contributed by atoms with van der Waals surface area (Å²) in [6.07, 6.45) is -9.22. The fourth-order valence-electron chi connectivity index (χ4n) is 9.01. The van der Waals surface area contributed by atoms with Crippen molar-refractivity contribution in [2.45, 2.75) is 107 Å². The molecule has 314 valence electrons. The largest absolute Gasteiger partial charge is 0.492 e. The van der Waals surface area contributed by atoms with Crippen LogP contribution >= 0.6 is 21.6 Å². The molecule has 4 aliphatic rings. The first-order chi connectivity index (χ1) is 26.4. The number of carbonyl (C=O) groups is 1. The molecule has 1 amide bonds. The van der Waals surface area contributed by atoms with Gasteiger partial charge in [0.1, 0.15) is 18.1 Å². The number of aryl methyl sites for hydroxylation is 1. The molecule has 5 rings (SSSR count). The third-order valence-electron chi connectivity index (χ3n) is 11.8. The number of benzene rings is 1. The second kappa shape index (κ2) is 18.2. The zero-order valence-electron chi connectivity index (χ0n) is 31.2. The molecule has 6 nitrogen and oxygen atoms in total. The van der Waals surface area contributed by atoms with Gasteiger partial charge in [-0.05, 0) is 117 Å². The van der Waals surface area contributed by atoms with Crippen LogP contribution < -0.4 is 4.74 Å². The number of ether oxygens (including phenoxy) is 4. The van der Waals surface area contributed by atoms with Crippen molar-refractivity contribution in [1.29, 1.82) is 0 Å². The number of alkyl halides is 9. The Hall–Kier alpha value is -2.50. The third kappa shape index (κ3) is 9.35. The van der Waals surface area contributed by atoms with Crippen LogP contribution in [-0.2, 0) is 20.6 Å². The summed E-state index contributed by atoms with van der Waals surface area (Å²) in [6, 6.07) is 6.16. The molecule has 2 saturated carbocycles. The lowest BCUT2D eigenvalue weighted by molar-refractivity contribution is -0.457. The topological polar surface area (TPSA) is 57.2 Å². The summed E-state index contributed by atoms with van der Waals surface area (Å²) < 4.78 is 140. The summed E-state index contributed by atoms with van der Waals surface area (Å²) in [5.74, 6) is 3.76. The Morgan fingerprint density at radius 3 is 2.34 bits per heavy atom. The normalized spacial score (nSPS) is 27.3. The molecule has 0 unspecified atom stereocenters. The van der Waals surface area contributed by atoms with E-state index in [0.717, 1.165) is 50.0 Å². The van der Waals surface area contributed by atoms with E-state index in [0.29, 0.717) is 36.3 Å². The van der Waals surface area contributed by atoms with Gasteiger partial charge in [0, 0.05) is 24.2 Å². The third-order valence-corrected chi connectivity index (χ3v) is 14.3. The number of hydrogen-bond donors (Lipinski definition) is 0. The van der Waals surface area contributed by atoms with E-state index in [1.54, 1.807) is 57.7 Å². The second-order valence-electron chi connectivity index (χ2n) is 14.9. The summed E-state index contributed by atoms with van der Waals surface area (Å²) in [6.45, 7) is 6.41. The maximum atomic E-state index is 13.3. The van der Waals surface area contributed by atoms with Gasteiger partial charge in [-0.2, -0.15) is 39.5 Å².